The molecule has 0 aromatic heterocycles. The molecule has 0 unspecified atom stereocenters. The zero-order valence-electron chi connectivity index (χ0n) is 14.2. The average molecular weight is 424 g/mol. The van der Waals surface area contributed by atoms with Crippen LogP contribution in [-0.2, 0) is 19.4 Å². The van der Waals surface area contributed by atoms with Gasteiger partial charge in [-0.25, -0.2) is 8.42 Å². The van der Waals surface area contributed by atoms with Gasteiger partial charge in [-0.3, -0.25) is 4.79 Å². The molecule has 2 aromatic carbocycles. The van der Waals surface area contributed by atoms with Crippen LogP contribution in [0.1, 0.15) is 18.4 Å². The molecule has 1 fully saturated rings. The molecule has 0 bridgehead atoms. The van der Waals surface area contributed by atoms with Gasteiger partial charge in [0.25, 0.3) is 0 Å². The monoisotopic (exact) mass is 423 g/mol. The lowest BCUT2D eigenvalue weighted by Gasteiger charge is -2.09. The number of halogens is 2. The minimum Gasteiger partial charge on any atom is -0.465 e. The SMILES string of the molecule is CCOC(=O)[C@@]1(C#N)[C@H](c2cccc(Cl)c2)[C@@H]1S(=O)(=O)c1ccc(Cl)cc1. The highest BCUT2D eigenvalue weighted by Gasteiger charge is 2.77. The number of ether oxygens (including phenoxy) is 1. The van der Waals surface area contributed by atoms with Gasteiger partial charge in [0.2, 0.25) is 0 Å². The summed E-state index contributed by atoms with van der Waals surface area (Å²) in [7, 11) is -4.00. The van der Waals surface area contributed by atoms with Gasteiger partial charge >= 0.3 is 5.97 Å². The summed E-state index contributed by atoms with van der Waals surface area (Å²) in [4.78, 5) is 12.6. The van der Waals surface area contributed by atoms with Gasteiger partial charge in [0.05, 0.1) is 17.6 Å². The van der Waals surface area contributed by atoms with Crippen molar-refractivity contribution in [3.8, 4) is 6.07 Å². The third-order valence-corrected chi connectivity index (χ3v) is 7.34. The lowest BCUT2D eigenvalue weighted by molar-refractivity contribution is -0.147. The van der Waals surface area contributed by atoms with Crippen molar-refractivity contribution in [1.82, 2.24) is 0 Å². The van der Waals surface area contributed by atoms with Crippen LogP contribution in [-0.4, -0.2) is 26.2 Å². The van der Waals surface area contributed by atoms with Gasteiger partial charge in [-0.05, 0) is 48.9 Å². The minimum absolute atomic E-state index is 0.00893. The number of rotatable bonds is 5. The summed E-state index contributed by atoms with van der Waals surface area (Å²) in [6.45, 7) is 1.64. The molecule has 0 spiro atoms. The Morgan fingerprint density at radius 2 is 1.85 bits per heavy atom. The first-order valence-corrected chi connectivity index (χ1v) is 10.4. The predicted molar refractivity (Wildman–Crippen MR) is 101 cm³/mol. The zero-order valence-corrected chi connectivity index (χ0v) is 16.6. The highest BCUT2D eigenvalue weighted by atomic mass is 35.5. The van der Waals surface area contributed by atoms with Crippen molar-refractivity contribution in [1.29, 1.82) is 5.26 Å². The maximum Gasteiger partial charge on any atom is 0.328 e. The van der Waals surface area contributed by atoms with Crippen molar-refractivity contribution >= 4 is 39.0 Å². The van der Waals surface area contributed by atoms with E-state index in [1.165, 1.54) is 24.3 Å². The largest absolute Gasteiger partial charge is 0.465 e. The van der Waals surface area contributed by atoms with E-state index in [0.29, 0.717) is 15.6 Å². The molecule has 2 aromatic rings. The normalized spacial score (nSPS) is 24.1. The van der Waals surface area contributed by atoms with Crippen LogP contribution in [0.2, 0.25) is 10.0 Å². The Balaban J connectivity index is 2.14. The molecule has 5 nitrogen and oxygen atoms in total. The number of carbonyl (C=O) groups is 1. The van der Waals surface area contributed by atoms with E-state index in [9.17, 15) is 18.5 Å². The van der Waals surface area contributed by atoms with E-state index >= 15 is 0 Å². The molecule has 1 aliphatic carbocycles. The Bertz CT molecular complexity index is 1030. The smallest absolute Gasteiger partial charge is 0.328 e. The molecule has 27 heavy (non-hydrogen) atoms. The summed E-state index contributed by atoms with van der Waals surface area (Å²) in [5.41, 5.74) is -1.32. The number of sulfone groups is 1. The number of hydrogen-bond acceptors (Lipinski definition) is 5. The Morgan fingerprint density at radius 1 is 1.19 bits per heavy atom. The molecule has 0 saturated heterocycles. The fourth-order valence-electron chi connectivity index (χ4n) is 3.36. The van der Waals surface area contributed by atoms with E-state index in [4.69, 9.17) is 27.9 Å². The average Bonchev–Trinajstić information content (AvgIpc) is 3.34. The Kier molecular flexibility index (Phi) is 5.22. The van der Waals surface area contributed by atoms with Crippen molar-refractivity contribution < 1.29 is 17.9 Å². The van der Waals surface area contributed by atoms with Crippen LogP contribution in [0.5, 0.6) is 0 Å². The van der Waals surface area contributed by atoms with Crippen LogP contribution < -0.4 is 0 Å². The van der Waals surface area contributed by atoms with Gasteiger partial charge in [0.15, 0.2) is 15.3 Å². The topological polar surface area (TPSA) is 84.2 Å². The van der Waals surface area contributed by atoms with Crippen molar-refractivity contribution in [3.05, 3.63) is 64.1 Å². The molecular formula is C19H15Cl2NO4S. The van der Waals surface area contributed by atoms with E-state index in [1.54, 1.807) is 31.2 Å². The lowest BCUT2D eigenvalue weighted by Crippen LogP contribution is -2.25. The number of esters is 1. The number of nitrogens with zero attached hydrogens (tertiary/aromatic N) is 1. The molecule has 0 radical (unpaired) electrons. The van der Waals surface area contributed by atoms with E-state index in [2.05, 4.69) is 0 Å². The maximum atomic E-state index is 13.2. The molecule has 3 atom stereocenters. The molecule has 0 aliphatic heterocycles. The van der Waals surface area contributed by atoms with E-state index in [1.807, 2.05) is 6.07 Å². The first-order valence-electron chi connectivity index (χ1n) is 8.12. The van der Waals surface area contributed by atoms with Crippen LogP contribution in [0.25, 0.3) is 0 Å². The predicted octanol–water partition coefficient (Wildman–Crippen LogP) is 4.01. The van der Waals surface area contributed by atoms with Gasteiger partial charge in [-0.2, -0.15) is 5.26 Å². The molecule has 140 valence electrons. The second-order valence-electron chi connectivity index (χ2n) is 6.15. The van der Waals surface area contributed by atoms with Crippen molar-refractivity contribution in [2.45, 2.75) is 23.0 Å². The maximum absolute atomic E-state index is 13.2. The molecule has 3 rings (SSSR count). The molecule has 0 heterocycles. The molecule has 0 amide bonds. The number of benzene rings is 2. The van der Waals surface area contributed by atoms with Gasteiger partial charge < -0.3 is 4.74 Å². The molecule has 1 aliphatic rings. The number of hydrogen-bond donors (Lipinski definition) is 0. The highest BCUT2D eigenvalue weighted by molar-refractivity contribution is 7.92. The summed E-state index contributed by atoms with van der Waals surface area (Å²) >= 11 is 11.9. The Labute approximate surface area is 167 Å². The van der Waals surface area contributed by atoms with Gasteiger partial charge in [0, 0.05) is 16.0 Å². The third-order valence-electron chi connectivity index (χ3n) is 4.62. The van der Waals surface area contributed by atoms with E-state index in [0.717, 1.165) is 0 Å². The quantitative estimate of drug-likeness (QED) is 0.678. The molecule has 1 saturated carbocycles. The fourth-order valence-corrected chi connectivity index (χ4v) is 5.93. The summed E-state index contributed by atoms with van der Waals surface area (Å²) in [6, 6.07) is 14.0. The van der Waals surface area contributed by atoms with Crippen LogP contribution in [0.3, 0.4) is 0 Å². The first kappa shape index (κ1) is 19.7. The second-order valence-corrected chi connectivity index (χ2v) is 9.10. The van der Waals surface area contributed by atoms with Crippen LogP contribution in [0.4, 0.5) is 0 Å². The number of nitriles is 1. The minimum atomic E-state index is -4.00. The Hall–Kier alpha value is -2.07. The number of carbonyl (C=O) groups excluding carboxylic acids is 1. The molecular weight excluding hydrogens is 409 g/mol. The summed E-state index contributed by atoms with van der Waals surface area (Å²) in [6.07, 6.45) is 0. The van der Waals surface area contributed by atoms with Gasteiger partial charge in [0.1, 0.15) is 5.25 Å². The standard InChI is InChI=1S/C19H15Cl2NO4S/c1-2-26-18(23)19(11-22)16(12-4-3-5-14(21)10-12)17(19)27(24,25)15-8-6-13(20)7-9-15/h3-10,16-17H,2H2,1H3/t16-,17+,19+/m1/s1. The third kappa shape index (κ3) is 3.20. The van der Waals surface area contributed by atoms with Crippen LogP contribution in [0, 0.1) is 16.7 Å². The summed E-state index contributed by atoms with van der Waals surface area (Å²) in [5.74, 6) is -1.72. The van der Waals surface area contributed by atoms with Crippen molar-refractivity contribution in [3.63, 3.8) is 0 Å². The van der Waals surface area contributed by atoms with Gasteiger partial charge in [-0.1, -0.05) is 35.3 Å². The zero-order chi connectivity index (χ0) is 19.8. The Morgan fingerprint density at radius 3 is 2.41 bits per heavy atom. The van der Waals surface area contributed by atoms with E-state index < -0.39 is 32.4 Å². The highest BCUT2D eigenvalue weighted by Crippen LogP contribution is 2.64. The summed E-state index contributed by atoms with van der Waals surface area (Å²) < 4.78 is 31.5. The van der Waals surface area contributed by atoms with Crippen molar-refractivity contribution in [2.24, 2.45) is 5.41 Å². The van der Waals surface area contributed by atoms with Crippen LogP contribution in [0.15, 0.2) is 53.4 Å². The first-order chi connectivity index (χ1) is 12.8. The van der Waals surface area contributed by atoms with Crippen LogP contribution >= 0.6 is 23.2 Å². The van der Waals surface area contributed by atoms with Gasteiger partial charge in [-0.15, -0.1) is 0 Å². The van der Waals surface area contributed by atoms with E-state index in [-0.39, 0.29) is 11.5 Å². The molecule has 8 heteroatoms. The fraction of sp³-hybridized carbons (Fsp3) is 0.263. The summed E-state index contributed by atoms with van der Waals surface area (Å²) in [5, 5.41) is 9.31. The van der Waals surface area contributed by atoms with Crippen molar-refractivity contribution in [2.75, 3.05) is 6.61 Å². The molecule has 0 N–H and O–H groups in total. The second kappa shape index (κ2) is 7.16. The lowest BCUT2D eigenvalue weighted by atomic mass is 10.0.